The highest BCUT2D eigenvalue weighted by Crippen LogP contribution is 2.31. The average molecular weight is 331 g/mol. The third-order valence-corrected chi connectivity index (χ3v) is 3.90. The van der Waals surface area contributed by atoms with Crippen LogP contribution in [0.4, 0.5) is 5.69 Å². The first-order valence-corrected chi connectivity index (χ1v) is 6.97. The fourth-order valence-corrected chi connectivity index (χ4v) is 2.82. The van der Waals surface area contributed by atoms with E-state index in [0.717, 1.165) is 5.56 Å². The molecule has 0 bridgehead atoms. The predicted molar refractivity (Wildman–Crippen MR) is 79.8 cm³/mol. The van der Waals surface area contributed by atoms with Gasteiger partial charge >= 0.3 is 0 Å². The number of thiophene rings is 1. The van der Waals surface area contributed by atoms with Crippen LogP contribution < -0.4 is 0 Å². The summed E-state index contributed by atoms with van der Waals surface area (Å²) in [5.74, 6) is 0. The second kappa shape index (κ2) is 6.69. The molecule has 104 valence electrons. The molecule has 0 aliphatic carbocycles. The van der Waals surface area contributed by atoms with Gasteiger partial charge in [0.25, 0.3) is 5.69 Å². The van der Waals surface area contributed by atoms with Gasteiger partial charge < -0.3 is 4.84 Å². The summed E-state index contributed by atoms with van der Waals surface area (Å²) in [5.41, 5.74) is 1.50. The highest BCUT2D eigenvalue weighted by molar-refractivity contribution is 7.20. The Balaban J connectivity index is 1.90. The summed E-state index contributed by atoms with van der Waals surface area (Å²) in [4.78, 5) is 15.1. The Morgan fingerprint density at radius 1 is 1.35 bits per heavy atom. The van der Waals surface area contributed by atoms with Gasteiger partial charge in [0.2, 0.25) is 0 Å². The Hall–Kier alpha value is -1.63. The van der Waals surface area contributed by atoms with Crippen molar-refractivity contribution >= 4 is 46.4 Å². The van der Waals surface area contributed by atoms with E-state index in [4.69, 9.17) is 28.0 Å². The van der Waals surface area contributed by atoms with Crippen molar-refractivity contribution in [3.05, 3.63) is 60.2 Å². The summed E-state index contributed by atoms with van der Waals surface area (Å²) in [7, 11) is 0. The molecule has 5 nitrogen and oxygen atoms in total. The van der Waals surface area contributed by atoms with E-state index in [1.54, 1.807) is 18.2 Å². The second-order valence-electron chi connectivity index (χ2n) is 3.71. The van der Waals surface area contributed by atoms with E-state index in [-0.39, 0.29) is 12.3 Å². The van der Waals surface area contributed by atoms with Crippen molar-refractivity contribution in [2.75, 3.05) is 0 Å². The van der Waals surface area contributed by atoms with Crippen molar-refractivity contribution in [1.82, 2.24) is 0 Å². The molecule has 0 saturated heterocycles. The van der Waals surface area contributed by atoms with Gasteiger partial charge in [-0.2, -0.15) is 0 Å². The lowest BCUT2D eigenvalue weighted by Gasteiger charge is -1.97. The van der Waals surface area contributed by atoms with Crippen LogP contribution in [0, 0.1) is 10.1 Å². The standard InChI is InChI=1S/C12H8Cl2N2O3S/c13-11-5-9(12(14)20-11)7-19-15-6-8-1-3-10(4-2-8)16(17)18/h1-6H,7H2. The first kappa shape index (κ1) is 14.8. The molecule has 2 aromatic rings. The molecular weight excluding hydrogens is 323 g/mol. The molecule has 0 aliphatic heterocycles. The van der Waals surface area contributed by atoms with E-state index in [0.29, 0.717) is 14.2 Å². The van der Waals surface area contributed by atoms with Crippen LogP contribution in [0.15, 0.2) is 35.5 Å². The van der Waals surface area contributed by atoms with E-state index in [1.807, 2.05) is 0 Å². The van der Waals surface area contributed by atoms with Gasteiger partial charge in [-0.25, -0.2) is 0 Å². The van der Waals surface area contributed by atoms with Crippen LogP contribution in [-0.4, -0.2) is 11.1 Å². The normalized spacial score (nSPS) is 10.9. The van der Waals surface area contributed by atoms with Gasteiger partial charge in [-0.05, 0) is 23.8 Å². The van der Waals surface area contributed by atoms with Crippen LogP contribution in [0.25, 0.3) is 0 Å². The maximum Gasteiger partial charge on any atom is 0.269 e. The number of rotatable bonds is 5. The number of nitrogens with zero attached hydrogens (tertiary/aromatic N) is 2. The number of benzene rings is 1. The highest BCUT2D eigenvalue weighted by Gasteiger charge is 2.06. The fourth-order valence-electron chi connectivity index (χ4n) is 1.36. The predicted octanol–water partition coefficient (Wildman–Crippen LogP) is 4.51. The molecule has 8 heteroatoms. The molecule has 1 aromatic heterocycles. The summed E-state index contributed by atoms with van der Waals surface area (Å²) in [6.45, 7) is 0.214. The minimum atomic E-state index is -0.459. The molecule has 0 atom stereocenters. The van der Waals surface area contributed by atoms with Crippen LogP contribution in [-0.2, 0) is 11.4 Å². The van der Waals surface area contributed by atoms with Crippen molar-refractivity contribution in [2.45, 2.75) is 6.61 Å². The Labute approximate surface area is 128 Å². The first-order valence-electron chi connectivity index (χ1n) is 5.40. The van der Waals surface area contributed by atoms with Gasteiger partial charge in [0.05, 0.1) is 15.5 Å². The number of non-ortho nitro benzene ring substituents is 1. The summed E-state index contributed by atoms with van der Waals surface area (Å²) in [6, 6.07) is 7.68. The zero-order valence-electron chi connectivity index (χ0n) is 9.95. The summed E-state index contributed by atoms with van der Waals surface area (Å²) < 4.78 is 1.16. The number of hydrogen-bond acceptors (Lipinski definition) is 5. The van der Waals surface area contributed by atoms with Crippen molar-refractivity contribution in [2.24, 2.45) is 5.16 Å². The van der Waals surface area contributed by atoms with Crippen LogP contribution in [0.1, 0.15) is 11.1 Å². The number of oxime groups is 1. The zero-order chi connectivity index (χ0) is 14.5. The molecular formula is C12H8Cl2N2O3S. The number of hydrogen-bond donors (Lipinski definition) is 0. The Morgan fingerprint density at radius 2 is 2.05 bits per heavy atom. The van der Waals surface area contributed by atoms with E-state index in [2.05, 4.69) is 5.16 Å². The number of halogens is 2. The topological polar surface area (TPSA) is 64.7 Å². The SMILES string of the molecule is O=[N+]([O-])c1ccc(C=NOCc2cc(Cl)sc2Cl)cc1. The van der Waals surface area contributed by atoms with Crippen LogP contribution in [0.5, 0.6) is 0 Å². The molecule has 2 rings (SSSR count). The van der Waals surface area contributed by atoms with E-state index in [9.17, 15) is 10.1 Å². The van der Waals surface area contributed by atoms with Crippen molar-refractivity contribution < 1.29 is 9.76 Å². The van der Waals surface area contributed by atoms with E-state index < -0.39 is 4.92 Å². The Kier molecular flexibility index (Phi) is 4.94. The van der Waals surface area contributed by atoms with Crippen LogP contribution in [0.2, 0.25) is 8.67 Å². The smallest absolute Gasteiger partial charge is 0.269 e. The molecule has 20 heavy (non-hydrogen) atoms. The second-order valence-corrected chi connectivity index (χ2v) is 5.99. The molecule has 0 fully saturated rings. The third kappa shape index (κ3) is 3.93. The van der Waals surface area contributed by atoms with Gasteiger partial charge in [0.15, 0.2) is 0 Å². The molecule has 0 amide bonds. The van der Waals surface area contributed by atoms with Gasteiger partial charge in [-0.3, -0.25) is 10.1 Å². The van der Waals surface area contributed by atoms with Gasteiger partial charge in [0.1, 0.15) is 10.9 Å². The highest BCUT2D eigenvalue weighted by atomic mass is 35.5. The minimum Gasteiger partial charge on any atom is -0.391 e. The lowest BCUT2D eigenvalue weighted by molar-refractivity contribution is -0.384. The van der Waals surface area contributed by atoms with E-state index in [1.165, 1.54) is 29.7 Å². The molecule has 0 aliphatic rings. The molecule has 0 radical (unpaired) electrons. The number of nitro benzene ring substituents is 1. The van der Waals surface area contributed by atoms with Crippen LogP contribution >= 0.6 is 34.5 Å². The first-order chi connectivity index (χ1) is 9.56. The van der Waals surface area contributed by atoms with Gasteiger partial charge in [-0.1, -0.05) is 28.4 Å². The quantitative estimate of drug-likeness (QED) is 0.460. The van der Waals surface area contributed by atoms with Crippen LogP contribution in [0.3, 0.4) is 0 Å². The maximum absolute atomic E-state index is 10.5. The number of nitro groups is 1. The fraction of sp³-hybridized carbons (Fsp3) is 0.0833. The van der Waals surface area contributed by atoms with Crippen molar-refractivity contribution in [3.8, 4) is 0 Å². The van der Waals surface area contributed by atoms with E-state index >= 15 is 0 Å². The monoisotopic (exact) mass is 330 g/mol. The third-order valence-electron chi connectivity index (χ3n) is 2.33. The van der Waals surface area contributed by atoms with Gasteiger partial charge in [-0.15, -0.1) is 11.3 Å². The molecule has 1 aromatic carbocycles. The largest absolute Gasteiger partial charge is 0.391 e. The molecule has 0 saturated carbocycles. The minimum absolute atomic E-state index is 0.0303. The molecule has 0 N–H and O–H groups in total. The maximum atomic E-state index is 10.5. The summed E-state index contributed by atoms with van der Waals surface area (Å²) in [5, 5.41) is 14.3. The molecule has 0 unspecified atom stereocenters. The lowest BCUT2D eigenvalue weighted by atomic mass is 10.2. The van der Waals surface area contributed by atoms with Crippen molar-refractivity contribution in [1.29, 1.82) is 0 Å². The Bertz CT molecular complexity index is 641. The summed E-state index contributed by atoms with van der Waals surface area (Å²) >= 11 is 13.0. The lowest BCUT2D eigenvalue weighted by Crippen LogP contribution is -1.89. The Morgan fingerprint density at radius 3 is 2.60 bits per heavy atom. The molecule has 0 spiro atoms. The van der Waals surface area contributed by atoms with Crippen molar-refractivity contribution in [3.63, 3.8) is 0 Å². The van der Waals surface area contributed by atoms with Gasteiger partial charge in [0, 0.05) is 17.7 Å². The zero-order valence-corrected chi connectivity index (χ0v) is 12.3. The average Bonchev–Trinajstić information content (AvgIpc) is 2.73. The molecule has 1 heterocycles. The summed E-state index contributed by atoms with van der Waals surface area (Å²) in [6.07, 6.45) is 1.46.